The van der Waals surface area contributed by atoms with Crippen molar-refractivity contribution in [2.24, 2.45) is 0 Å². The van der Waals surface area contributed by atoms with Gasteiger partial charge in [0.15, 0.2) is 5.13 Å². The van der Waals surface area contributed by atoms with Gasteiger partial charge < -0.3 is 9.73 Å². The number of halogens is 3. The molecule has 0 fully saturated rings. The van der Waals surface area contributed by atoms with E-state index in [1.54, 1.807) is 6.92 Å². The second kappa shape index (κ2) is 5.80. The highest BCUT2D eigenvalue weighted by atomic mass is 32.1. The topological polar surface area (TPSA) is 72.2 Å². The molecule has 2 aromatic heterocycles. The van der Waals surface area contributed by atoms with Gasteiger partial charge in [0.25, 0.3) is 0 Å². The summed E-state index contributed by atoms with van der Waals surface area (Å²) in [5.41, 5.74) is -2.44. The fourth-order valence-corrected chi connectivity index (χ4v) is 2.74. The Bertz CT molecular complexity index is 793. The molecule has 0 atom stereocenters. The van der Waals surface area contributed by atoms with Crippen molar-refractivity contribution in [3.8, 4) is 10.4 Å². The number of anilines is 1. The Morgan fingerprint density at radius 3 is 2.52 bits per heavy atom. The van der Waals surface area contributed by atoms with E-state index < -0.39 is 23.0 Å². The normalized spacial score (nSPS) is 12.3. The van der Waals surface area contributed by atoms with Crippen molar-refractivity contribution in [3.63, 3.8) is 0 Å². The molecular weight excluding hydrogens is 333 g/mol. The van der Waals surface area contributed by atoms with Crippen LogP contribution in [-0.4, -0.2) is 17.6 Å². The molecule has 5 nitrogen and oxygen atoms in total. The Kier molecular flexibility index (Phi) is 4.34. The van der Waals surface area contributed by atoms with Gasteiger partial charge in [-0.2, -0.15) is 13.2 Å². The second-order valence-electron chi connectivity index (χ2n) is 5.35. The van der Waals surface area contributed by atoms with Crippen molar-refractivity contribution >= 4 is 22.9 Å². The van der Waals surface area contributed by atoms with Crippen LogP contribution in [0.25, 0.3) is 10.4 Å². The molecular formula is C14H13F3N2O3S. The summed E-state index contributed by atoms with van der Waals surface area (Å²) in [6.45, 7) is 3.51. The van der Waals surface area contributed by atoms with Crippen molar-refractivity contribution in [2.75, 3.05) is 5.32 Å². The lowest BCUT2D eigenvalue weighted by atomic mass is 9.88. The number of thiazole rings is 1. The number of amides is 1. The average molecular weight is 346 g/mol. The third-order valence-electron chi connectivity index (χ3n) is 3.34. The van der Waals surface area contributed by atoms with E-state index in [9.17, 15) is 22.8 Å². The smallest absolute Gasteiger partial charge is 0.400 e. The van der Waals surface area contributed by atoms with E-state index >= 15 is 0 Å². The van der Waals surface area contributed by atoms with Gasteiger partial charge in [0, 0.05) is 11.6 Å². The Balaban J connectivity index is 2.58. The third-order valence-corrected chi connectivity index (χ3v) is 4.47. The zero-order valence-electron chi connectivity index (χ0n) is 12.4. The number of carbonyl (C=O) groups is 1. The van der Waals surface area contributed by atoms with Gasteiger partial charge in [-0.3, -0.25) is 4.79 Å². The van der Waals surface area contributed by atoms with Crippen LogP contribution in [-0.2, 0) is 10.2 Å². The standard InChI is InChI=1S/C14H13F3N2O3S/c1-7-11(23-12(19-7)18-6-20)8-4-9(22-10(21)5-8)13(2,3)14(15,16)17/h4-6H,1-3H3,(H,18,19,20). The molecule has 1 amide bonds. The minimum atomic E-state index is -4.57. The van der Waals surface area contributed by atoms with Crippen LogP contribution in [0.3, 0.4) is 0 Å². The van der Waals surface area contributed by atoms with E-state index in [4.69, 9.17) is 4.42 Å². The highest BCUT2D eigenvalue weighted by molar-refractivity contribution is 7.19. The van der Waals surface area contributed by atoms with Gasteiger partial charge in [-0.05, 0) is 26.8 Å². The molecule has 23 heavy (non-hydrogen) atoms. The van der Waals surface area contributed by atoms with E-state index in [0.29, 0.717) is 17.0 Å². The van der Waals surface area contributed by atoms with Gasteiger partial charge in [-0.1, -0.05) is 11.3 Å². The molecule has 0 aliphatic rings. The number of hydrogen-bond acceptors (Lipinski definition) is 5. The zero-order chi connectivity index (χ0) is 17.4. The Morgan fingerprint density at radius 2 is 1.96 bits per heavy atom. The summed E-state index contributed by atoms with van der Waals surface area (Å²) < 4.78 is 44.2. The average Bonchev–Trinajstić information content (AvgIpc) is 2.78. The van der Waals surface area contributed by atoms with Gasteiger partial charge in [-0.15, -0.1) is 0 Å². The maximum Gasteiger partial charge on any atom is 0.400 e. The molecule has 0 aliphatic heterocycles. The molecule has 1 N–H and O–H groups in total. The van der Waals surface area contributed by atoms with Crippen LogP contribution in [0.2, 0.25) is 0 Å². The maximum atomic E-state index is 13.1. The van der Waals surface area contributed by atoms with Crippen LogP contribution in [0.15, 0.2) is 21.3 Å². The first-order valence-electron chi connectivity index (χ1n) is 6.46. The zero-order valence-corrected chi connectivity index (χ0v) is 13.3. The number of aromatic nitrogens is 1. The fourth-order valence-electron chi connectivity index (χ4n) is 1.83. The van der Waals surface area contributed by atoms with Gasteiger partial charge in [0.05, 0.1) is 10.6 Å². The monoisotopic (exact) mass is 346 g/mol. The molecule has 2 aromatic rings. The number of rotatable bonds is 4. The van der Waals surface area contributed by atoms with Crippen molar-refractivity contribution in [2.45, 2.75) is 32.4 Å². The number of aryl methyl sites for hydroxylation is 1. The maximum absolute atomic E-state index is 13.1. The van der Waals surface area contributed by atoms with Gasteiger partial charge in [-0.25, -0.2) is 9.78 Å². The predicted octanol–water partition coefficient (Wildman–Crippen LogP) is 3.48. The summed E-state index contributed by atoms with van der Waals surface area (Å²) in [6, 6.07) is 2.28. The van der Waals surface area contributed by atoms with E-state index in [0.717, 1.165) is 31.3 Å². The lowest BCUT2D eigenvalue weighted by Crippen LogP contribution is -2.37. The Hall–Kier alpha value is -2.16. The molecule has 0 radical (unpaired) electrons. The summed E-state index contributed by atoms with van der Waals surface area (Å²) >= 11 is 1.06. The van der Waals surface area contributed by atoms with Gasteiger partial charge in [0.1, 0.15) is 11.2 Å². The summed E-state index contributed by atoms with van der Waals surface area (Å²) in [5, 5.41) is 2.66. The molecule has 9 heteroatoms. The largest absolute Gasteiger partial charge is 0.427 e. The van der Waals surface area contributed by atoms with E-state index in [2.05, 4.69) is 10.3 Å². The van der Waals surface area contributed by atoms with Crippen LogP contribution < -0.4 is 10.9 Å². The minimum absolute atomic E-state index is 0.266. The number of alkyl halides is 3. The molecule has 0 saturated carbocycles. The van der Waals surface area contributed by atoms with Crippen LogP contribution in [0.4, 0.5) is 18.3 Å². The first kappa shape index (κ1) is 17.2. The first-order chi connectivity index (χ1) is 10.6. The minimum Gasteiger partial charge on any atom is -0.427 e. The van der Waals surface area contributed by atoms with Gasteiger partial charge >= 0.3 is 11.8 Å². The molecule has 0 aromatic carbocycles. The Morgan fingerprint density at radius 1 is 1.30 bits per heavy atom. The van der Waals surface area contributed by atoms with Gasteiger partial charge in [0.2, 0.25) is 6.41 Å². The molecule has 0 saturated heterocycles. The summed E-state index contributed by atoms with van der Waals surface area (Å²) in [5.74, 6) is -0.481. The van der Waals surface area contributed by atoms with Crippen molar-refractivity contribution in [1.29, 1.82) is 0 Å². The highest BCUT2D eigenvalue weighted by Gasteiger charge is 2.50. The van der Waals surface area contributed by atoms with Crippen molar-refractivity contribution in [3.05, 3.63) is 34.0 Å². The first-order valence-corrected chi connectivity index (χ1v) is 7.28. The second-order valence-corrected chi connectivity index (χ2v) is 6.35. The molecule has 0 bridgehead atoms. The fraction of sp³-hybridized carbons (Fsp3) is 0.357. The van der Waals surface area contributed by atoms with Crippen LogP contribution in [0, 0.1) is 6.92 Å². The lowest BCUT2D eigenvalue weighted by Gasteiger charge is -2.26. The van der Waals surface area contributed by atoms with E-state index in [1.807, 2.05) is 0 Å². The third kappa shape index (κ3) is 3.29. The number of carbonyl (C=O) groups excluding carboxylic acids is 1. The predicted molar refractivity (Wildman–Crippen MR) is 79.6 cm³/mol. The van der Waals surface area contributed by atoms with E-state index in [-0.39, 0.29) is 10.7 Å². The molecule has 0 aliphatic carbocycles. The highest BCUT2D eigenvalue weighted by Crippen LogP contribution is 2.41. The van der Waals surface area contributed by atoms with Crippen LogP contribution in [0.5, 0.6) is 0 Å². The number of hydrogen-bond donors (Lipinski definition) is 1. The van der Waals surface area contributed by atoms with E-state index in [1.165, 1.54) is 6.07 Å². The lowest BCUT2D eigenvalue weighted by molar-refractivity contribution is -0.185. The molecule has 2 heterocycles. The summed E-state index contributed by atoms with van der Waals surface area (Å²) in [6.07, 6.45) is -4.13. The van der Waals surface area contributed by atoms with Crippen molar-refractivity contribution < 1.29 is 22.4 Å². The van der Waals surface area contributed by atoms with Crippen molar-refractivity contribution in [1.82, 2.24) is 4.98 Å². The summed E-state index contributed by atoms with van der Waals surface area (Å²) in [4.78, 5) is 26.7. The molecule has 0 spiro atoms. The van der Waals surface area contributed by atoms with Crippen LogP contribution >= 0.6 is 11.3 Å². The van der Waals surface area contributed by atoms with Crippen LogP contribution in [0.1, 0.15) is 25.3 Å². The number of nitrogens with one attached hydrogen (secondary N) is 1. The molecule has 2 rings (SSSR count). The molecule has 0 unspecified atom stereocenters. The Labute approximate surface area is 133 Å². The SMILES string of the molecule is Cc1nc(NC=O)sc1-c1cc(C(C)(C)C(F)(F)F)oc(=O)c1. The number of nitrogens with zero attached hydrogens (tertiary/aromatic N) is 1. The molecule has 124 valence electrons. The summed E-state index contributed by atoms with van der Waals surface area (Å²) in [7, 11) is 0. The quantitative estimate of drug-likeness (QED) is 0.861.